The summed E-state index contributed by atoms with van der Waals surface area (Å²) in [5.74, 6) is 0.806. The summed E-state index contributed by atoms with van der Waals surface area (Å²) in [6.45, 7) is 4.30. The molecule has 1 aliphatic heterocycles. The Kier molecular flexibility index (Phi) is 3.42. The highest BCUT2D eigenvalue weighted by Crippen LogP contribution is 2.17. The maximum atomic E-state index is 10.3. The first kappa shape index (κ1) is 11.0. The molecule has 1 unspecified atom stereocenters. The Bertz CT molecular complexity index is 349. The van der Waals surface area contributed by atoms with Crippen molar-refractivity contribution in [2.24, 2.45) is 5.29 Å². The van der Waals surface area contributed by atoms with Crippen LogP contribution in [0.2, 0.25) is 0 Å². The van der Waals surface area contributed by atoms with Gasteiger partial charge in [-0.25, -0.2) is 5.43 Å². The molecule has 0 bridgehead atoms. The van der Waals surface area contributed by atoms with Gasteiger partial charge in [0.2, 0.25) is 5.89 Å². The van der Waals surface area contributed by atoms with Crippen molar-refractivity contribution in [2.75, 3.05) is 26.3 Å². The zero-order chi connectivity index (χ0) is 11.4. The van der Waals surface area contributed by atoms with Crippen LogP contribution in [-0.4, -0.2) is 41.4 Å². The number of hydrogen-bond donors (Lipinski definition) is 1. The van der Waals surface area contributed by atoms with Crippen molar-refractivity contribution >= 4 is 0 Å². The highest BCUT2D eigenvalue weighted by molar-refractivity contribution is 4.89. The van der Waals surface area contributed by atoms with Gasteiger partial charge in [-0.05, 0) is 0 Å². The normalized spacial score (nSPS) is 19.3. The molecule has 0 amide bonds. The van der Waals surface area contributed by atoms with Crippen LogP contribution in [-0.2, 0) is 4.74 Å². The number of hydrogen-bond acceptors (Lipinski definition) is 7. The van der Waals surface area contributed by atoms with Crippen LogP contribution in [0.15, 0.2) is 9.70 Å². The summed E-state index contributed by atoms with van der Waals surface area (Å²) in [5, 5.41) is 10.3. The van der Waals surface area contributed by atoms with E-state index in [-0.39, 0.29) is 0 Å². The topological polar surface area (TPSA) is 92.9 Å². The fraction of sp³-hybridized carbons (Fsp3) is 0.750. The van der Waals surface area contributed by atoms with Crippen LogP contribution in [0.5, 0.6) is 0 Å². The molecule has 1 N–H and O–H groups in total. The Labute approximate surface area is 91.9 Å². The maximum absolute atomic E-state index is 10.3. The first-order valence-corrected chi connectivity index (χ1v) is 5.01. The molecule has 2 rings (SSSR count). The van der Waals surface area contributed by atoms with Crippen LogP contribution in [0.4, 0.5) is 0 Å². The van der Waals surface area contributed by atoms with E-state index in [0.717, 1.165) is 0 Å². The van der Waals surface area contributed by atoms with Gasteiger partial charge >= 0.3 is 0 Å². The smallest absolute Gasteiger partial charge is 0.255 e. The van der Waals surface area contributed by atoms with E-state index < -0.39 is 6.17 Å². The fourth-order valence-electron chi connectivity index (χ4n) is 1.60. The van der Waals surface area contributed by atoms with Crippen LogP contribution in [0.25, 0.3) is 0 Å². The SMILES string of the molecule is Cc1nnc(C(NN=O)N2CCOCC2)o1. The van der Waals surface area contributed by atoms with Crippen molar-refractivity contribution < 1.29 is 9.15 Å². The van der Waals surface area contributed by atoms with Gasteiger partial charge in [0.05, 0.1) is 18.5 Å². The zero-order valence-electron chi connectivity index (χ0n) is 8.92. The monoisotopic (exact) mass is 227 g/mol. The van der Waals surface area contributed by atoms with E-state index in [9.17, 15) is 4.91 Å². The van der Waals surface area contributed by atoms with E-state index in [0.29, 0.717) is 38.1 Å². The quantitative estimate of drug-likeness (QED) is 0.570. The van der Waals surface area contributed by atoms with Crippen LogP contribution >= 0.6 is 0 Å². The molecule has 0 aliphatic carbocycles. The number of aryl methyl sites for hydroxylation is 1. The average Bonchev–Trinajstić information content (AvgIpc) is 2.74. The molecule has 0 saturated carbocycles. The van der Waals surface area contributed by atoms with E-state index in [1.54, 1.807) is 6.92 Å². The highest BCUT2D eigenvalue weighted by atomic mass is 16.5. The van der Waals surface area contributed by atoms with E-state index in [1.165, 1.54) is 0 Å². The molecular formula is C8H13N5O3. The molecule has 1 aromatic heterocycles. The molecule has 8 nitrogen and oxygen atoms in total. The lowest BCUT2D eigenvalue weighted by Crippen LogP contribution is -2.43. The molecule has 1 aromatic rings. The number of nitrogens with zero attached hydrogens (tertiary/aromatic N) is 4. The van der Waals surface area contributed by atoms with Crippen LogP contribution < -0.4 is 5.43 Å². The lowest BCUT2D eigenvalue weighted by atomic mass is 10.3. The third-order valence-electron chi connectivity index (χ3n) is 2.36. The predicted molar refractivity (Wildman–Crippen MR) is 53.1 cm³/mol. The Morgan fingerprint density at radius 3 is 2.75 bits per heavy atom. The number of nitroso groups, excluding NO2 is 1. The van der Waals surface area contributed by atoms with Gasteiger partial charge in [0.1, 0.15) is 0 Å². The van der Waals surface area contributed by atoms with Crippen LogP contribution in [0.1, 0.15) is 17.9 Å². The van der Waals surface area contributed by atoms with Gasteiger partial charge in [-0.2, -0.15) is 0 Å². The van der Waals surface area contributed by atoms with E-state index in [4.69, 9.17) is 9.15 Å². The van der Waals surface area contributed by atoms with E-state index >= 15 is 0 Å². The molecule has 1 fully saturated rings. The highest BCUT2D eigenvalue weighted by Gasteiger charge is 2.27. The molecule has 0 radical (unpaired) electrons. The second-order valence-electron chi connectivity index (χ2n) is 3.43. The number of nitrogens with one attached hydrogen (secondary N) is 1. The van der Waals surface area contributed by atoms with E-state index in [2.05, 4.69) is 20.9 Å². The van der Waals surface area contributed by atoms with Gasteiger partial charge in [0, 0.05) is 20.0 Å². The van der Waals surface area contributed by atoms with Crippen molar-refractivity contribution in [3.63, 3.8) is 0 Å². The summed E-state index contributed by atoms with van der Waals surface area (Å²) in [6.07, 6.45) is -0.470. The Balaban J connectivity index is 2.12. The summed E-state index contributed by atoms with van der Waals surface area (Å²) in [5.41, 5.74) is 2.43. The largest absolute Gasteiger partial charge is 0.422 e. The fourth-order valence-corrected chi connectivity index (χ4v) is 1.60. The molecule has 0 spiro atoms. The van der Waals surface area contributed by atoms with Crippen LogP contribution in [0, 0.1) is 11.8 Å². The lowest BCUT2D eigenvalue weighted by molar-refractivity contribution is 0.00152. The van der Waals surface area contributed by atoms with Crippen LogP contribution in [0.3, 0.4) is 0 Å². The van der Waals surface area contributed by atoms with Crippen molar-refractivity contribution in [3.05, 3.63) is 16.7 Å². The molecule has 8 heteroatoms. The second-order valence-corrected chi connectivity index (χ2v) is 3.43. The zero-order valence-corrected chi connectivity index (χ0v) is 8.92. The Morgan fingerprint density at radius 1 is 1.44 bits per heavy atom. The first-order chi connectivity index (χ1) is 7.81. The minimum atomic E-state index is -0.470. The number of ether oxygens (including phenoxy) is 1. The summed E-state index contributed by atoms with van der Waals surface area (Å²) in [4.78, 5) is 12.3. The molecule has 1 saturated heterocycles. The Morgan fingerprint density at radius 2 is 2.19 bits per heavy atom. The number of rotatable bonds is 4. The van der Waals surface area contributed by atoms with Gasteiger partial charge in [0.25, 0.3) is 5.89 Å². The van der Waals surface area contributed by atoms with Crippen molar-refractivity contribution in [3.8, 4) is 0 Å². The summed E-state index contributed by atoms with van der Waals surface area (Å²) in [6, 6.07) is 0. The molecule has 88 valence electrons. The first-order valence-electron chi connectivity index (χ1n) is 5.01. The predicted octanol–water partition coefficient (Wildman–Crippen LogP) is -0.0202. The third-order valence-corrected chi connectivity index (χ3v) is 2.36. The average molecular weight is 227 g/mol. The van der Waals surface area contributed by atoms with Crippen molar-refractivity contribution in [2.45, 2.75) is 13.1 Å². The Hall–Kier alpha value is -1.54. The molecule has 2 heterocycles. The number of aromatic nitrogens is 2. The van der Waals surface area contributed by atoms with Crippen molar-refractivity contribution in [1.82, 2.24) is 20.5 Å². The summed E-state index contributed by atoms with van der Waals surface area (Å²) >= 11 is 0. The molecule has 1 aliphatic rings. The van der Waals surface area contributed by atoms with Gasteiger partial charge in [0.15, 0.2) is 6.17 Å². The van der Waals surface area contributed by atoms with Gasteiger partial charge in [-0.15, -0.1) is 15.1 Å². The van der Waals surface area contributed by atoms with Crippen molar-refractivity contribution in [1.29, 1.82) is 0 Å². The second kappa shape index (κ2) is 4.99. The third kappa shape index (κ3) is 2.34. The molecular weight excluding hydrogens is 214 g/mol. The van der Waals surface area contributed by atoms with Gasteiger partial charge in [-0.3, -0.25) is 4.90 Å². The number of morpholine rings is 1. The van der Waals surface area contributed by atoms with E-state index in [1.807, 2.05) is 4.90 Å². The minimum Gasteiger partial charge on any atom is -0.422 e. The molecule has 0 aromatic carbocycles. The lowest BCUT2D eigenvalue weighted by Gasteiger charge is -2.30. The molecule has 1 atom stereocenters. The maximum Gasteiger partial charge on any atom is 0.255 e. The van der Waals surface area contributed by atoms with Gasteiger partial charge in [-0.1, -0.05) is 0 Å². The summed E-state index contributed by atoms with van der Waals surface area (Å²) < 4.78 is 10.5. The molecule has 16 heavy (non-hydrogen) atoms. The van der Waals surface area contributed by atoms with Gasteiger partial charge < -0.3 is 9.15 Å². The standard InChI is InChI=1S/C8H13N5O3/c1-6-9-11-8(16-6)7(10-12-14)13-2-4-15-5-3-13/h7H,2-5H2,1H3,(H,10,14). The summed E-state index contributed by atoms with van der Waals surface area (Å²) in [7, 11) is 0. The minimum absolute atomic E-state index is 0.346.